The fraction of sp³-hybridized carbons (Fsp3) is 0.400. The summed E-state index contributed by atoms with van der Waals surface area (Å²) < 4.78 is 26.5. The van der Waals surface area contributed by atoms with Crippen LogP contribution in [0.5, 0.6) is 0 Å². The van der Waals surface area contributed by atoms with Crippen LogP contribution < -0.4 is 0 Å². The molecule has 1 atom stereocenters. The van der Waals surface area contributed by atoms with Gasteiger partial charge in [0.25, 0.3) is 0 Å². The smallest absolute Gasteiger partial charge is 0.159 e. The zero-order valence-electron chi connectivity index (χ0n) is 14.0. The highest BCUT2D eigenvalue weighted by molar-refractivity contribution is 6.30. The van der Waals surface area contributed by atoms with Crippen molar-refractivity contribution in [2.24, 2.45) is 5.41 Å². The molecule has 5 heteroatoms. The molecule has 0 bridgehead atoms. The van der Waals surface area contributed by atoms with Gasteiger partial charge in [-0.1, -0.05) is 29.8 Å². The summed E-state index contributed by atoms with van der Waals surface area (Å²) in [4.78, 5) is 2.21. The van der Waals surface area contributed by atoms with E-state index in [-0.39, 0.29) is 12.0 Å². The number of hydrogen-bond acceptors (Lipinski definition) is 2. The first-order valence-electron chi connectivity index (χ1n) is 8.51. The Morgan fingerprint density at radius 3 is 2.64 bits per heavy atom. The summed E-state index contributed by atoms with van der Waals surface area (Å²) in [6, 6.07) is 11.8. The van der Waals surface area contributed by atoms with Crippen LogP contribution in [0.1, 0.15) is 24.0 Å². The van der Waals surface area contributed by atoms with E-state index in [1.54, 1.807) is 6.07 Å². The molecule has 0 aromatic heterocycles. The van der Waals surface area contributed by atoms with E-state index in [4.69, 9.17) is 11.6 Å². The second-order valence-corrected chi connectivity index (χ2v) is 7.46. The molecule has 2 aromatic rings. The second-order valence-electron chi connectivity index (χ2n) is 7.03. The molecule has 0 spiro atoms. The average Bonchev–Trinajstić information content (AvgIpc) is 2.58. The van der Waals surface area contributed by atoms with E-state index < -0.39 is 11.6 Å². The Morgan fingerprint density at radius 2 is 1.92 bits per heavy atom. The van der Waals surface area contributed by atoms with Crippen LogP contribution in [0, 0.1) is 17.0 Å². The summed E-state index contributed by atoms with van der Waals surface area (Å²) in [5.74, 6) is -1.64. The lowest BCUT2D eigenvalue weighted by molar-refractivity contribution is 0.0288. The minimum Gasteiger partial charge on any atom is -0.396 e. The molecule has 1 aliphatic heterocycles. The van der Waals surface area contributed by atoms with E-state index >= 15 is 0 Å². The van der Waals surface area contributed by atoms with Crippen LogP contribution in [0.2, 0.25) is 5.02 Å². The van der Waals surface area contributed by atoms with Gasteiger partial charge in [0.15, 0.2) is 11.6 Å². The van der Waals surface area contributed by atoms with Gasteiger partial charge in [-0.15, -0.1) is 0 Å². The molecular weight excluding hydrogens is 344 g/mol. The summed E-state index contributed by atoms with van der Waals surface area (Å²) in [7, 11) is 0. The maximum absolute atomic E-state index is 13.4. The Labute approximate surface area is 152 Å². The fourth-order valence-electron chi connectivity index (χ4n) is 3.75. The Morgan fingerprint density at radius 1 is 1.08 bits per heavy atom. The number of piperidine rings is 1. The van der Waals surface area contributed by atoms with E-state index in [1.165, 1.54) is 12.1 Å². The SMILES string of the molecule is OC[C@@]1(Cc2cccc(Cl)c2)CCCN(Cc2ccc(F)c(F)c2)C1. The molecule has 1 N–H and O–H groups in total. The lowest BCUT2D eigenvalue weighted by Gasteiger charge is -2.42. The van der Waals surface area contributed by atoms with Crippen molar-refractivity contribution in [2.45, 2.75) is 25.8 Å². The Kier molecular flexibility index (Phi) is 5.72. The van der Waals surface area contributed by atoms with Gasteiger partial charge in [0.1, 0.15) is 0 Å². The highest BCUT2D eigenvalue weighted by Crippen LogP contribution is 2.34. The zero-order valence-corrected chi connectivity index (χ0v) is 14.8. The van der Waals surface area contributed by atoms with Crippen LogP contribution in [0.4, 0.5) is 8.78 Å². The third-order valence-electron chi connectivity index (χ3n) is 4.93. The highest BCUT2D eigenvalue weighted by Gasteiger charge is 2.35. The molecule has 0 radical (unpaired) electrons. The first-order valence-corrected chi connectivity index (χ1v) is 8.89. The van der Waals surface area contributed by atoms with Crippen LogP contribution in [-0.2, 0) is 13.0 Å². The van der Waals surface area contributed by atoms with E-state index in [0.29, 0.717) is 11.6 Å². The second kappa shape index (κ2) is 7.81. The quantitative estimate of drug-likeness (QED) is 0.847. The summed E-state index contributed by atoms with van der Waals surface area (Å²) >= 11 is 6.08. The van der Waals surface area contributed by atoms with Gasteiger partial charge in [-0.05, 0) is 61.2 Å². The molecule has 134 valence electrons. The summed E-state index contributed by atoms with van der Waals surface area (Å²) in [5.41, 5.74) is 1.62. The minimum atomic E-state index is -0.826. The van der Waals surface area contributed by atoms with Crippen LogP contribution in [0.3, 0.4) is 0 Å². The van der Waals surface area contributed by atoms with E-state index in [2.05, 4.69) is 4.90 Å². The molecular formula is C20H22ClF2NO. The molecule has 2 aromatic carbocycles. The third-order valence-corrected chi connectivity index (χ3v) is 5.17. The van der Waals surface area contributed by atoms with E-state index in [0.717, 1.165) is 43.5 Å². The summed E-state index contributed by atoms with van der Waals surface area (Å²) in [5, 5.41) is 10.8. The van der Waals surface area contributed by atoms with Gasteiger partial charge in [0.05, 0.1) is 6.61 Å². The number of hydrogen-bond donors (Lipinski definition) is 1. The maximum atomic E-state index is 13.4. The maximum Gasteiger partial charge on any atom is 0.159 e. The van der Waals surface area contributed by atoms with Crippen molar-refractivity contribution in [3.05, 3.63) is 70.2 Å². The van der Waals surface area contributed by atoms with Crippen molar-refractivity contribution in [3.63, 3.8) is 0 Å². The predicted molar refractivity (Wildman–Crippen MR) is 95.5 cm³/mol. The van der Waals surface area contributed by atoms with Crippen molar-refractivity contribution in [1.82, 2.24) is 4.90 Å². The molecule has 3 rings (SSSR count). The number of aliphatic hydroxyl groups is 1. The number of benzene rings is 2. The monoisotopic (exact) mass is 365 g/mol. The lowest BCUT2D eigenvalue weighted by atomic mass is 9.75. The topological polar surface area (TPSA) is 23.5 Å². The molecule has 0 aliphatic carbocycles. The van der Waals surface area contributed by atoms with E-state index in [9.17, 15) is 13.9 Å². The Hall–Kier alpha value is -1.49. The first kappa shape index (κ1) is 18.3. The average molecular weight is 366 g/mol. The van der Waals surface area contributed by atoms with Gasteiger partial charge >= 0.3 is 0 Å². The minimum absolute atomic E-state index is 0.0911. The number of rotatable bonds is 5. The zero-order chi connectivity index (χ0) is 17.9. The van der Waals surface area contributed by atoms with Crippen molar-refractivity contribution >= 4 is 11.6 Å². The lowest BCUT2D eigenvalue weighted by Crippen LogP contribution is -2.46. The first-order chi connectivity index (χ1) is 12.0. The van der Waals surface area contributed by atoms with Gasteiger partial charge in [-0.3, -0.25) is 4.90 Å². The standard InChI is InChI=1S/C20H22ClF2NO/c21-17-4-1-3-15(9-17)11-20(14-25)7-2-8-24(13-20)12-16-5-6-18(22)19(23)10-16/h1,3-6,9-10,25H,2,7-8,11-14H2/t20-/m1/s1. The molecule has 0 unspecified atom stereocenters. The molecule has 2 nitrogen and oxygen atoms in total. The van der Waals surface area contributed by atoms with Gasteiger partial charge in [-0.2, -0.15) is 0 Å². The van der Waals surface area contributed by atoms with Gasteiger partial charge in [0.2, 0.25) is 0 Å². The Balaban J connectivity index is 1.72. The van der Waals surface area contributed by atoms with Crippen molar-refractivity contribution in [3.8, 4) is 0 Å². The van der Waals surface area contributed by atoms with Gasteiger partial charge in [0, 0.05) is 23.5 Å². The summed E-state index contributed by atoms with van der Waals surface area (Å²) in [6.45, 7) is 2.24. The molecule has 25 heavy (non-hydrogen) atoms. The van der Waals surface area contributed by atoms with E-state index in [1.807, 2.05) is 24.3 Å². The highest BCUT2D eigenvalue weighted by atomic mass is 35.5. The van der Waals surface area contributed by atoms with Crippen LogP contribution >= 0.6 is 11.6 Å². The van der Waals surface area contributed by atoms with Crippen molar-refractivity contribution < 1.29 is 13.9 Å². The molecule has 0 saturated carbocycles. The van der Waals surface area contributed by atoms with Crippen LogP contribution in [0.25, 0.3) is 0 Å². The normalized spacial score (nSPS) is 21.4. The van der Waals surface area contributed by atoms with Crippen molar-refractivity contribution in [1.29, 1.82) is 0 Å². The largest absolute Gasteiger partial charge is 0.396 e. The number of aliphatic hydroxyl groups excluding tert-OH is 1. The van der Waals surface area contributed by atoms with Crippen molar-refractivity contribution in [2.75, 3.05) is 19.7 Å². The third kappa shape index (κ3) is 4.57. The van der Waals surface area contributed by atoms with Gasteiger partial charge in [-0.25, -0.2) is 8.78 Å². The molecule has 1 fully saturated rings. The number of likely N-dealkylation sites (tertiary alicyclic amines) is 1. The predicted octanol–water partition coefficient (Wildman–Crippen LogP) is 4.44. The summed E-state index contributed by atoms with van der Waals surface area (Å²) in [6.07, 6.45) is 2.65. The van der Waals surface area contributed by atoms with Crippen LogP contribution in [-0.4, -0.2) is 29.7 Å². The van der Waals surface area contributed by atoms with Gasteiger partial charge < -0.3 is 5.11 Å². The molecule has 1 saturated heterocycles. The molecule has 1 heterocycles. The molecule has 0 amide bonds. The Bertz CT molecular complexity index is 739. The number of halogens is 3. The van der Waals surface area contributed by atoms with Crippen LogP contribution in [0.15, 0.2) is 42.5 Å². The molecule has 1 aliphatic rings. The number of nitrogens with zero attached hydrogens (tertiary/aromatic N) is 1. The fourth-order valence-corrected chi connectivity index (χ4v) is 3.96.